The number of imidazole rings is 1. The first-order valence-corrected chi connectivity index (χ1v) is 15.6. The summed E-state index contributed by atoms with van der Waals surface area (Å²) in [4.78, 5) is 37.3. The molecule has 0 amide bonds. The zero-order valence-corrected chi connectivity index (χ0v) is 27.0. The summed E-state index contributed by atoms with van der Waals surface area (Å²) in [5.74, 6) is -1.36. The average Bonchev–Trinajstić information content (AvgIpc) is 3.41. The SMILES string of the molecule is COc1nc(N)nc2c1nc(I)n2[C@@H]1O[C@H](COc2ccc3ccccc3c2O/[P+]([O-])=N/C(C(=O)O)C(C)C)[C@@H](O)[C@@]1(C)O. The van der Waals surface area contributed by atoms with Crippen molar-refractivity contribution in [3.8, 4) is 17.4 Å². The van der Waals surface area contributed by atoms with Gasteiger partial charge < -0.3 is 40.2 Å². The summed E-state index contributed by atoms with van der Waals surface area (Å²) in [5, 5.41) is 33.3. The summed E-state index contributed by atoms with van der Waals surface area (Å²) < 4.78 is 28.9. The summed E-state index contributed by atoms with van der Waals surface area (Å²) in [7, 11) is -1.39. The van der Waals surface area contributed by atoms with E-state index in [9.17, 15) is 25.0 Å². The number of rotatable bonds is 10. The van der Waals surface area contributed by atoms with Gasteiger partial charge in [0, 0.05) is 28.0 Å². The Labute approximate surface area is 265 Å². The number of fused-ring (bicyclic) bond motifs is 2. The molecule has 44 heavy (non-hydrogen) atoms. The number of hydrogen-bond donors (Lipinski definition) is 4. The van der Waals surface area contributed by atoms with Crippen LogP contribution in [0.3, 0.4) is 0 Å². The number of carboxylic acids is 1. The number of aromatic nitrogens is 4. The van der Waals surface area contributed by atoms with E-state index in [4.69, 9.17) is 24.5 Å². The Balaban J connectivity index is 1.45. The van der Waals surface area contributed by atoms with Crippen molar-refractivity contribution in [3.05, 3.63) is 40.2 Å². The van der Waals surface area contributed by atoms with Crippen molar-refractivity contribution in [2.45, 2.75) is 50.8 Å². The highest BCUT2D eigenvalue weighted by Gasteiger charge is 2.54. The molecule has 234 valence electrons. The van der Waals surface area contributed by atoms with Gasteiger partial charge in [0.15, 0.2) is 33.0 Å². The standard InChI is InChI=1S/C27H30IN6O9P/c1-12(2)17(23(36)37)33-44(39)43-19-14-8-6-5-7-13(14)9-10-15(19)41-11-16-20(35)27(3,38)24(42-16)34-21-18(30-25(34)28)22(40-4)32-26(29)31-21/h5-10,12,16-17,20,24,35,38H,11H2,1-4H3,(H,36,37)(H2,29,31,32)/t16-,17?,20-,24-,27-/m1/s1. The zero-order valence-electron chi connectivity index (χ0n) is 24.0. The normalized spacial score (nSPS) is 22.9. The highest BCUT2D eigenvalue weighted by molar-refractivity contribution is 14.1. The third kappa shape index (κ3) is 5.97. The minimum Gasteiger partial charge on any atom is -0.575 e. The van der Waals surface area contributed by atoms with E-state index in [0.717, 1.165) is 5.39 Å². The van der Waals surface area contributed by atoms with Crippen LogP contribution in [0.1, 0.15) is 27.0 Å². The van der Waals surface area contributed by atoms with Crippen LogP contribution in [0, 0.1) is 9.75 Å². The minimum absolute atomic E-state index is 0.0751. The summed E-state index contributed by atoms with van der Waals surface area (Å²) in [6.07, 6.45) is -3.65. The largest absolute Gasteiger partial charge is 0.575 e. The number of nitrogens with two attached hydrogens (primary N) is 1. The van der Waals surface area contributed by atoms with Gasteiger partial charge in [0.25, 0.3) is 0 Å². The summed E-state index contributed by atoms with van der Waals surface area (Å²) in [6.45, 7) is 4.46. The Bertz CT molecular complexity index is 1750. The second-order valence-electron chi connectivity index (χ2n) is 10.6. The van der Waals surface area contributed by atoms with Crippen molar-refractivity contribution in [3.63, 3.8) is 0 Å². The molecule has 2 aromatic carbocycles. The lowest BCUT2D eigenvalue weighted by Gasteiger charge is -2.27. The molecular weight excluding hydrogens is 710 g/mol. The Morgan fingerprint density at radius 1 is 1.27 bits per heavy atom. The third-order valence-corrected chi connectivity index (χ3v) is 8.72. The molecule has 15 nitrogen and oxygen atoms in total. The molecule has 2 aromatic heterocycles. The quantitative estimate of drug-likeness (QED) is 0.105. The lowest BCUT2D eigenvalue weighted by molar-refractivity contribution is -0.169. The molecule has 6 atom stereocenters. The van der Waals surface area contributed by atoms with Crippen molar-refractivity contribution in [1.29, 1.82) is 0 Å². The van der Waals surface area contributed by atoms with Crippen molar-refractivity contribution >= 4 is 64.6 Å². The predicted octanol–water partition coefficient (Wildman–Crippen LogP) is 2.61. The fraction of sp³-hybridized carbons (Fsp3) is 0.407. The Hall–Kier alpha value is -3.41. The van der Waals surface area contributed by atoms with Crippen LogP contribution in [0.5, 0.6) is 17.4 Å². The number of hydrogen-bond acceptors (Lipinski definition) is 13. The number of ether oxygens (including phenoxy) is 3. The number of aliphatic carboxylic acids is 1. The Morgan fingerprint density at radius 3 is 2.68 bits per heavy atom. The maximum Gasteiger partial charge on any atom is 0.395 e. The van der Waals surface area contributed by atoms with Crippen LogP contribution in [0.25, 0.3) is 21.9 Å². The van der Waals surface area contributed by atoms with Crippen molar-refractivity contribution < 1.29 is 43.7 Å². The molecule has 3 heterocycles. The fourth-order valence-corrected chi connectivity index (χ4v) is 6.60. The molecule has 0 radical (unpaired) electrons. The first kappa shape index (κ1) is 32.0. The molecule has 17 heteroatoms. The van der Waals surface area contributed by atoms with Crippen molar-refractivity contribution in [1.82, 2.24) is 19.5 Å². The lowest BCUT2D eigenvalue weighted by Crippen LogP contribution is -2.45. The van der Waals surface area contributed by atoms with E-state index in [1.54, 1.807) is 38.1 Å². The molecule has 0 bridgehead atoms. The molecule has 2 unspecified atom stereocenters. The second-order valence-corrected chi connectivity index (χ2v) is 12.5. The first-order valence-electron chi connectivity index (χ1n) is 13.4. The van der Waals surface area contributed by atoms with Crippen LogP contribution in [0.4, 0.5) is 5.95 Å². The number of benzene rings is 2. The van der Waals surface area contributed by atoms with E-state index in [1.165, 1.54) is 18.6 Å². The van der Waals surface area contributed by atoms with Crippen LogP contribution < -0.4 is 24.6 Å². The van der Waals surface area contributed by atoms with E-state index in [-0.39, 0.29) is 35.6 Å². The number of aliphatic hydroxyl groups excluding tert-OH is 1. The fourth-order valence-electron chi connectivity index (χ4n) is 4.92. The van der Waals surface area contributed by atoms with Gasteiger partial charge in [-0.2, -0.15) is 9.97 Å². The smallest absolute Gasteiger partial charge is 0.395 e. The molecule has 1 fully saturated rings. The molecule has 5 N–H and O–H groups in total. The summed E-state index contributed by atoms with van der Waals surface area (Å²) in [6, 6.07) is 9.24. The molecule has 1 aliphatic heterocycles. The number of methoxy groups -OCH3 is 1. The van der Waals surface area contributed by atoms with Gasteiger partial charge in [0.05, 0.1) is 7.11 Å². The van der Waals surface area contributed by atoms with E-state index >= 15 is 0 Å². The molecule has 4 aromatic rings. The van der Waals surface area contributed by atoms with Gasteiger partial charge in [-0.15, -0.1) is 0 Å². The topological polar surface area (TPSA) is 220 Å². The number of nitrogen functional groups attached to an aromatic ring is 1. The van der Waals surface area contributed by atoms with Crippen LogP contribution in [-0.4, -0.2) is 78.4 Å². The second kappa shape index (κ2) is 12.5. The molecule has 0 spiro atoms. The van der Waals surface area contributed by atoms with Crippen LogP contribution >= 0.6 is 30.8 Å². The molecule has 1 aliphatic rings. The van der Waals surface area contributed by atoms with E-state index < -0.39 is 50.1 Å². The predicted molar refractivity (Wildman–Crippen MR) is 165 cm³/mol. The van der Waals surface area contributed by atoms with E-state index in [0.29, 0.717) is 14.7 Å². The lowest BCUT2D eigenvalue weighted by atomic mass is 9.96. The number of carbonyl (C=O) groups is 1. The molecule has 5 rings (SSSR count). The maximum atomic E-state index is 12.9. The van der Waals surface area contributed by atoms with E-state index in [1.807, 2.05) is 34.7 Å². The van der Waals surface area contributed by atoms with Crippen LogP contribution in [-0.2, 0) is 9.53 Å². The monoisotopic (exact) mass is 740 g/mol. The molecule has 0 saturated carbocycles. The summed E-state index contributed by atoms with van der Waals surface area (Å²) in [5.41, 5.74) is 4.56. The minimum atomic E-state index is -2.81. The number of carboxylic acid groups (broad SMARTS) is 1. The van der Waals surface area contributed by atoms with Crippen molar-refractivity contribution in [2.24, 2.45) is 10.7 Å². The summed E-state index contributed by atoms with van der Waals surface area (Å²) >= 11 is 1.94. The number of nitrogens with zero attached hydrogens (tertiary/aromatic N) is 5. The van der Waals surface area contributed by atoms with Gasteiger partial charge in [0.1, 0.15) is 24.4 Å². The highest BCUT2D eigenvalue weighted by atomic mass is 127. The van der Waals surface area contributed by atoms with Gasteiger partial charge in [-0.3, -0.25) is 9.09 Å². The average molecular weight is 740 g/mol. The number of halogens is 1. The molecular formula is C27H30IN6O9P. The maximum absolute atomic E-state index is 12.9. The van der Waals surface area contributed by atoms with Crippen molar-refractivity contribution in [2.75, 3.05) is 19.5 Å². The van der Waals surface area contributed by atoms with Gasteiger partial charge in [0.2, 0.25) is 17.6 Å². The van der Waals surface area contributed by atoms with Gasteiger partial charge in [-0.25, -0.2) is 9.78 Å². The first-order chi connectivity index (χ1) is 20.8. The van der Waals surface area contributed by atoms with Gasteiger partial charge in [-0.1, -0.05) is 48.9 Å². The van der Waals surface area contributed by atoms with E-state index in [2.05, 4.69) is 19.7 Å². The highest BCUT2D eigenvalue weighted by Crippen LogP contribution is 2.44. The zero-order chi connectivity index (χ0) is 31.9. The van der Waals surface area contributed by atoms with Gasteiger partial charge in [-0.05, 0) is 24.3 Å². The molecule has 0 aliphatic carbocycles. The van der Waals surface area contributed by atoms with Crippen LogP contribution in [0.15, 0.2) is 41.1 Å². The van der Waals surface area contributed by atoms with Crippen LogP contribution in [0.2, 0.25) is 0 Å². The number of anilines is 1. The third-order valence-electron chi connectivity index (χ3n) is 7.18. The number of aliphatic hydroxyl groups is 2. The molecule has 1 saturated heterocycles. The Morgan fingerprint density at radius 2 is 2.00 bits per heavy atom. The van der Waals surface area contributed by atoms with Gasteiger partial charge >= 0.3 is 14.1 Å². The Kier molecular flexibility index (Phi) is 9.11.